The van der Waals surface area contributed by atoms with Crippen molar-refractivity contribution in [2.75, 3.05) is 19.7 Å². The fourth-order valence-electron chi connectivity index (χ4n) is 3.03. The zero-order valence-corrected chi connectivity index (χ0v) is 15.1. The Balaban J connectivity index is 2.40. The lowest BCUT2D eigenvalue weighted by atomic mass is 10.0. The van der Waals surface area contributed by atoms with Crippen LogP contribution in [0.5, 0.6) is 0 Å². The van der Waals surface area contributed by atoms with Crippen molar-refractivity contribution in [3.05, 3.63) is 17.5 Å². The summed E-state index contributed by atoms with van der Waals surface area (Å²) in [7, 11) is -3.57. The number of hydrogen-bond acceptors (Lipinski definition) is 4. The van der Waals surface area contributed by atoms with Crippen LogP contribution in [0.2, 0.25) is 0 Å². The van der Waals surface area contributed by atoms with Crippen molar-refractivity contribution in [2.45, 2.75) is 52.0 Å². The summed E-state index contributed by atoms with van der Waals surface area (Å²) in [6, 6.07) is 1.46. The second kappa shape index (κ2) is 7.05. The Bertz CT molecular complexity index is 670. The highest BCUT2D eigenvalue weighted by Gasteiger charge is 2.32. The lowest BCUT2D eigenvalue weighted by Crippen LogP contribution is -2.38. The predicted molar refractivity (Wildman–Crippen MR) is 88.0 cm³/mol. The van der Waals surface area contributed by atoms with E-state index >= 15 is 0 Å². The summed E-state index contributed by atoms with van der Waals surface area (Å²) in [6.07, 6.45) is 1.75. The Morgan fingerprint density at radius 2 is 1.91 bits per heavy atom. The third kappa shape index (κ3) is 3.45. The van der Waals surface area contributed by atoms with Gasteiger partial charge in [-0.15, -0.1) is 0 Å². The molecule has 130 valence electrons. The number of piperidine rings is 1. The molecule has 1 aliphatic rings. The summed E-state index contributed by atoms with van der Waals surface area (Å²) >= 11 is 0. The van der Waals surface area contributed by atoms with E-state index in [1.165, 1.54) is 10.4 Å². The molecule has 23 heavy (non-hydrogen) atoms. The van der Waals surface area contributed by atoms with E-state index in [0.29, 0.717) is 36.9 Å². The molecule has 0 unspecified atom stereocenters. The normalized spacial score (nSPS) is 17.4. The summed E-state index contributed by atoms with van der Waals surface area (Å²) in [6.45, 7) is 9.36. The van der Waals surface area contributed by atoms with E-state index in [2.05, 4.69) is 6.92 Å². The van der Waals surface area contributed by atoms with Crippen molar-refractivity contribution in [2.24, 2.45) is 5.92 Å². The second-order valence-corrected chi connectivity index (χ2v) is 7.94. The zero-order valence-electron chi connectivity index (χ0n) is 14.3. The maximum Gasteiger partial charge on any atom is 0.354 e. The zero-order chi connectivity index (χ0) is 17.2. The standard InChI is InChI=1S/C16H26N2O4S/c1-5-18-13(4)15(11-14(18)16(19)22-6-2)23(20,21)17-9-7-12(3)8-10-17/h11-12H,5-10H2,1-4H3. The molecule has 0 aromatic carbocycles. The summed E-state index contributed by atoms with van der Waals surface area (Å²) in [4.78, 5) is 12.3. The first-order valence-corrected chi connectivity index (χ1v) is 9.64. The van der Waals surface area contributed by atoms with Crippen molar-refractivity contribution in [1.82, 2.24) is 8.87 Å². The number of carbonyl (C=O) groups excluding carboxylic acids is 1. The predicted octanol–water partition coefficient (Wildman–Crippen LogP) is 2.41. The van der Waals surface area contributed by atoms with Gasteiger partial charge >= 0.3 is 5.97 Å². The molecular formula is C16H26N2O4S. The smallest absolute Gasteiger partial charge is 0.354 e. The van der Waals surface area contributed by atoms with Crippen molar-refractivity contribution in [3.8, 4) is 0 Å². The molecule has 1 aromatic rings. The molecule has 6 nitrogen and oxygen atoms in total. The van der Waals surface area contributed by atoms with Crippen LogP contribution in [0.1, 0.15) is 49.8 Å². The number of ether oxygens (including phenoxy) is 1. The van der Waals surface area contributed by atoms with Gasteiger partial charge in [0.2, 0.25) is 10.0 Å². The number of nitrogens with zero attached hydrogens (tertiary/aromatic N) is 2. The summed E-state index contributed by atoms with van der Waals surface area (Å²) in [5.41, 5.74) is 0.893. The number of hydrogen-bond donors (Lipinski definition) is 0. The highest BCUT2D eigenvalue weighted by atomic mass is 32.2. The third-order valence-electron chi connectivity index (χ3n) is 4.48. The van der Waals surface area contributed by atoms with Gasteiger partial charge < -0.3 is 9.30 Å². The molecule has 1 saturated heterocycles. The average Bonchev–Trinajstić information content (AvgIpc) is 2.85. The first kappa shape index (κ1) is 18.0. The molecule has 7 heteroatoms. The topological polar surface area (TPSA) is 68.6 Å². The van der Waals surface area contributed by atoms with Crippen LogP contribution < -0.4 is 0 Å². The molecule has 0 spiro atoms. The molecule has 1 aromatic heterocycles. The molecule has 0 saturated carbocycles. The molecule has 1 fully saturated rings. The van der Waals surface area contributed by atoms with E-state index in [4.69, 9.17) is 4.74 Å². The number of rotatable bonds is 5. The fraction of sp³-hybridized carbons (Fsp3) is 0.688. The molecule has 2 rings (SSSR count). The van der Waals surface area contributed by atoms with Crippen LogP contribution in [-0.4, -0.2) is 43.0 Å². The molecule has 0 N–H and O–H groups in total. The van der Waals surface area contributed by atoms with Crippen LogP contribution in [0.25, 0.3) is 0 Å². The first-order valence-electron chi connectivity index (χ1n) is 8.20. The van der Waals surface area contributed by atoms with Gasteiger partial charge in [0.1, 0.15) is 10.6 Å². The van der Waals surface area contributed by atoms with Crippen LogP contribution in [0.4, 0.5) is 0 Å². The van der Waals surface area contributed by atoms with Crippen LogP contribution in [-0.2, 0) is 21.3 Å². The summed E-state index contributed by atoms with van der Waals surface area (Å²) in [5.74, 6) is 0.0732. The average molecular weight is 342 g/mol. The fourth-order valence-corrected chi connectivity index (χ4v) is 4.74. The van der Waals surface area contributed by atoms with Crippen LogP contribution in [0.3, 0.4) is 0 Å². The number of aromatic nitrogens is 1. The van der Waals surface area contributed by atoms with E-state index in [-0.39, 0.29) is 11.5 Å². The van der Waals surface area contributed by atoms with Crippen LogP contribution >= 0.6 is 0 Å². The Morgan fingerprint density at radius 1 is 1.30 bits per heavy atom. The third-order valence-corrected chi connectivity index (χ3v) is 6.50. The van der Waals surface area contributed by atoms with Gasteiger partial charge in [-0.3, -0.25) is 0 Å². The largest absolute Gasteiger partial charge is 0.461 e. The Morgan fingerprint density at radius 3 is 2.43 bits per heavy atom. The van der Waals surface area contributed by atoms with Crippen LogP contribution in [0.15, 0.2) is 11.0 Å². The molecule has 2 heterocycles. The SMILES string of the molecule is CCOC(=O)c1cc(S(=O)(=O)N2CCC(C)CC2)c(C)n1CC. The van der Waals surface area contributed by atoms with Crippen LogP contribution in [0, 0.1) is 12.8 Å². The number of esters is 1. The molecule has 1 aliphatic heterocycles. The number of carbonyl (C=O) groups is 1. The first-order chi connectivity index (χ1) is 10.8. The van der Waals surface area contributed by atoms with Crippen molar-refractivity contribution in [1.29, 1.82) is 0 Å². The van der Waals surface area contributed by atoms with E-state index in [9.17, 15) is 13.2 Å². The van der Waals surface area contributed by atoms with Gasteiger partial charge in [-0.05, 0) is 45.6 Å². The van der Waals surface area contributed by atoms with Gasteiger partial charge in [0.25, 0.3) is 0 Å². The molecular weight excluding hydrogens is 316 g/mol. The quantitative estimate of drug-likeness (QED) is 0.771. The van der Waals surface area contributed by atoms with Gasteiger partial charge in [-0.25, -0.2) is 13.2 Å². The lowest BCUT2D eigenvalue weighted by molar-refractivity contribution is 0.0513. The maximum absolute atomic E-state index is 12.9. The Labute approximate surface area is 138 Å². The van der Waals surface area contributed by atoms with E-state index in [1.807, 2.05) is 6.92 Å². The van der Waals surface area contributed by atoms with Crippen molar-refractivity contribution in [3.63, 3.8) is 0 Å². The van der Waals surface area contributed by atoms with Gasteiger partial charge in [0.05, 0.1) is 6.61 Å². The van der Waals surface area contributed by atoms with E-state index in [1.54, 1.807) is 18.4 Å². The van der Waals surface area contributed by atoms with Gasteiger partial charge in [0.15, 0.2) is 0 Å². The highest BCUT2D eigenvalue weighted by Crippen LogP contribution is 2.28. The minimum atomic E-state index is -3.57. The highest BCUT2D eigenvalue weighted by molar-refractivity contribution is 7.89. The lowest BCUT2D eigenvalue weighted by Gasteiger charge is -2.29. The second-order valence-electron chi connectivity index (χ2n) is 6.03. The van der Waals surface area contributed by atoms with Gasteiger partial charge in [-0.2, -0.15) is 4.31 Å². The monoisotopic (exact) mass is 342 g/mol. The minimum absolute atomic E-state index is 0.219. The Kier molecular flexibility index (Phi) is 5.52. The van der Waals surface area contributed by atoms with Gasteiger partial charge in [-0.1, -0.05) is 6.92 Å². The maximum atomic E-state index is 12.9. The molecule has 0 atom stereocenters. The molecule has 0 amide bonds. The minimum Gasteiger partial charge on any atom is -0.461 e. The van der Waals surface area contributed by atoms with Crippen molar-refractivity contribution < 1.29 is 17.9 Å². The summed E-state index contributed by atoms with van der Waals surface area (Å²) < 4.78 is 34.2. The summed E-state index contributed by atoms with van der Waals surface area (Å²) in [5, 5.41) is 0. The number of sulfonamides is 1. The Hall–Kier alpha value is -1.34. The molecule has 0 aliphatic carbocycles. The molecule has 0 bridgehead atoms. The van der Waals surface area contributed by atoms with E-state index < -0.39 is 16.0 Å². The van der Waals surface area contributed by atoms with Crippen molar-refractivity contribution >= 4 is 16.0 Å². The van der Waals surface area contributed by atoms with Gasteiger partial charge in [0, 0.05) is 25.3 Å². The van der Waals surface area contributed by atoms with E-state index in [0.717, 1.165) is 12.8 Å². The molecule has 0 radical (unpaired) electrons.